The van der Waals surface area contributed by atoms with Gasteiger partial charge in [-0.15, -0.1) is 0 Å². The van der Waals surface area contributed by atoms with Gasteiger partial charge in [-0.25, -0.2) is 0 Å². The molecule has 1 aromatic heterocycles. The van der Waals surface area contributed by atoms with Crippen LogP contribution in [0.1, 0.15) is 17.9 Å². The van der Waals surface area contributed by atoms with E-state index in [0.29, 0.717) is 17.8 Å². The topological polar surface area (TPSA) is 12.9 Å². The molecule has 46 heavy (non-hydrogen) atoms. The number of hydrogen-bond donors (Lipinski definition) is 0. The molecule has 218 valence electrons. The standard InChI is InChI=1S/C45H33N/c1-2-10-34-29-35(22-19-30(34)9-1)44-39-13-5-7-15-41(39)45(42-16-8-6-14-40(42)44)43-24-23-36(37-11-3-4-12-38(37)43)33-20-17-31(18-21-33)32-25-27-46-28-26-32/h1-28,30,34-35H,29H2. The number of rotatable bonds is 4. The normalized spacial score (nSPS) is 18.7. The second-order valence-corrected chi connectivity index (χ2v) is 12.6. The first-order valence-electron chi connectivity index (χ1n) is 16.3. The van der Waals surface area contributed by atoms with E-state index < -0.39 is 0 Å². The third-order valence-corrected chi connectivity index (χ3v) is 10.1. The fourth-order valence-electron chi connectivity index (χ4n) is 7.97. The predicted octanol–water partition coefficient (Wildman–Crippen LogP) is 11.9. The van der Waals surface area contributed by atoms with Crippen molar-refractivity contribution in [1.82, 2.24) is 4.98 Å². The van der Waals surface area contributed by atoms with Gasteiger partial charge in [0.1, 0.15) is 0 Å². The highest BCUT2D eigenvalue weighted by Crippen LogP contribution is 2.48. The highest BCUT2D eigenvalue weighted by Gasteiger charge is 2.28. The van der Waals surface area contributed by atoms with E-state index >= 15 is 0 Å². The largest absolute Gasteiger partial charge is 0.265 e. The molecule has 0 saturated carbocycles. The van der Waals surface area contributed by atoms with Crippen molar-refractivity contribution < 1.29 is 0 Å². The van der Waals surface area contributed by atoms with Crippen LogP contribution in [0.15, 0.2) is 170 Å². The average molecular weight is 588 g/mol. The van der Waals surface area contributed by atoms with Gasteiger partial charge in [0, 0.05) is 24.2 Å². The van der Waals surface area contributed by atoms with Gasteiger partial charge >= 0.3 is 0 Å². The maximum atomic E-state index is 4.18. The zero-order valence-electron chi connectivity index (χ0n) is 25.6. The zero-order chi connectivity index (χ0) is 30.5. The summed E-state index contributed by atoms with van der Waals surface area (Å²) in [7, 11) is 0. The van der Waals surface area contributed by atoms with Crippen LogP contribution in [-0.4, -0.2) is 4.98 Å². The molecule has 3 unspecified atom stereocenters. The molecule has 7 aromatic rings. The van der Waals surface area contributed by atoms with E-state index in [1.807, 2.05) is 12.4 Å². The van der Waals surface area contributed by atoms with Crippen molar-refractivity contribution in [3.8, 4) is 33.4 Å². The lowest BCUT2D eigenvalue weighted by Gasteiger charge is -2.31. The number of allylic oxidation sites excluding steroid dienone is 6. The Morgan fingerprint density at radius 2 is 0.978 bits per heavy atom. The van der Waals surface area contributed by atoms with E-state index in [9.17, 15) is 0 Å². The van der Waals surface area contributed by atoms with Crippen LogP contribution >= 0.6 is 0 Å². The molecular formula is C45H33N. The Morgan fingerprint density at radius 3 is 1.67 bits per heavy atom. The maximum absolute atomic E-state index is 4.18. The van der Waals surface area contributed by atoms with E-state index in [1.54, 1.807) is 0 Å². The smallest absolute Gasteiger partial charge is 0.0273 e. The van der Waals surface area contributed by atoms with Crippen LogP contribution in [0.5, 0.6) is 0 Å². The summed E-state index contributed by atoms with van der Waals surface area (Å²) in [5, 5.41) is 7.92. The van der Waals surface area contributed by atoms with Crippen LogP contribution in [0.4, 0.5) is 0 Å². The van der Waals surface area contributed by atoms with Crippen molar-refractivity contribution >= 4 is 32.3 Å². The van der Waals surface area contributed by atoms with E-state index in [4.69, 9.17) is 0 Å². The maximum Gasteiger partial charge on any atom is 0.0273 e. The molecule has 2 aliphatic carbocycles. The first kappa shape index (κ1) is 26.8. The lowest BCUT2D eigenvalue weighted by molar-refractivity contribution is 0.462. The Kier molecular flexibility index (Phi) is 6.49. The fraction of sp³-hybridized carbons (Fsp3) is 0.0889. The molecule has 0 N–H and O–H groups in total. The van der Waals surface area contributed by atoms with E-state index in [-0.39, 0.29) is 0 Å². The number of benzene rings is 6. The quantitative estimate of drug-likeness (QED) is 0.147. The third kappa shape index (κ3) is 4.43. The van der Waals surface area contributed by atoms with Crippen LogP contribution in [-0.2, 0) is 0 Å². The molecule has 0 aliphatic heterocycles. The predicted molar refractivity (Wildman–Crippen MR) is 195 cm³/mol. The van der Waals surface area contributed by atoms with Gasteiger partial charge in [-0.1, -0.05) is 146 Å². The van der Waals surface area contributed by atoms with Gasteiger partial charge in [0.05, 0.1) is 0 Å². The van der Waals surface area contributed by atoms with E-state index in [0.717, 1.165) is 6.42 Å². The number of fused-ring (bicyclic) bond motifs is 4. The number of aromatic nitrogens is 1. The highest BCUT2D eigenvalue weighted by molar-refractivity contribution is 6.20. The summed E-state index contributed by atoms with van der Waals surface area (Å²) in [5.41, 5.74) is 8.92. The summed E-state index contributed by atoms with van der Waals surface area (Å²) >= 11 is 0. The fourth-order valence-corrected chi connectivity index (χ4v) is 7.97. The van der Waals surface area contributed by atoms with Gasteiger partial charge in [-0.05, 0) is 95.7 Å². The number of nitrogens with zero attached hydrogens (tertiary/aromatic N) is 1. The molecule has 9 rings (SSSR count). The molecule has 3 atom stereocenters. The van der Waals surface area contributed by atoms with Crippen LogP contribution in [0.3, 0.4) is 0 Å². The lowest BCUT2D eigenvalue weighted by atomic mass is 9.72. The van der Waals surface area contributed by atoms with E-state index in [1.165, 1.54) is 71.3 Å². The highest BCUT2D eigenvalue weighted by atomic mass is 14.6. The van der Waals surface area contributed by atoms with Crippen LogP contribution in [0.2, 0.25) is 0 Å². The third-order valence-electron chi connectivity index (χ3n) is 10.1. The second kappa shape index (κ2) is 11.1. The molecule has 0 bridgehead atoms. The summed E-state index contributed by atoms with van der Waals surface area (Å²) in [6, 6.07) is 44.8. The SMILES string of the molecule is C1=CC2C=CC(c3c4ccccc4c(-c4ccc(-c5ccc(-c6ccncc6)cc5)c5ccccc45)c4ccccc34)CC2C=C1. The van der Waals surface area contributed by atoms with Gasteiger partial charge in [0.15, 0.2) is 0 Å². The summed E-state index contributed by atoms with van der Waals surface area (Å²) in [4.78, 5) is 4.18. The molecule has 0 spiro atoms. The van der Waals surface area contributed by atoms with Crippen molar-refractivity contribution in [3.63, 3.8) is 0 Å². The molecular weight excluding hydrogens is 555 g/mol. The van der Waals surface area contributed by atoms with Gasteiger partial charge in [0.25, 0.3) is 0 Å². The molecule has 6 aromatic carbocycles. The number of pyridine rings is 1. The van der Waals surface area contributed by atoms with Crippen LogP contribution < -0.4 is 0 Å². The van der Waals surface area contributed by atoms with Gasteiger partial charge in [-0.3, -0.25) is 4.98 Å². The van der Waals surface area contributed by atoms with Gasteiger partial charge in [0.2, 0.25) is 0 Å². The summed E-state index contributed by atoms with van der Waals surface area (Å²) in [6.45, 7) is 0. The zero-order valence-corrected chi connectivity index (χ0v) is 25.6. The van der Waals surface area contributed by atoms with E-state index in [2.05, 4.69) is 163 Å². The Balaban J connectivity index is 1.24. The summed E-state index contributed by atoms with van der Waals surface area (Å²) in [5.74, 6) is 1.43. The van der Waals surface area contributed by atoms with Crippen molar-refractivity contribution in [1.29, 1.82) is 0 Å². The number of hydrogen-bond acceptors (Lipinski definition) is 1. The molecule has 0 amide bonds. The van der Waals surface area contributed by atoms with Crippen LogP contribution in [0.25, 0.3) is 65.7 Å². The van der Waals surface area contributed by atoms with Gasteiger partial charge in [-0.2, -0.15) is 0 Å². The minimum absolute atomic E-state index is 0.371. The molecule has 1 nitrogen and oxygen atoms in total. The monoisotopic (exact) mass is 587 g/mol. The Bertz CT molecular complexity index is 2280. The molecule has 0 fully saturated rings. The lowest BCUT2D eigenvalue weighted by Crippen LogP contribution is -2.18. The second-order valence-electron chi connectivity index (χ2n) is 12.6. The van der Waals surface area contributed by atoms with Crippen molar-refractivity contribution in [2.75, 3.05) is 0 Å². The minimum Gasteiger partial charge on any atom is -0.265 e. The Hall–Kier alpha value is -5.53. The molecule has 0 saturated heterocycles. The van der Waals surface area contributed by atoms with Crippen molar-refractivity contribution in [2.24, 2.45) is 11.8 Å². The summed E-state index contributed by atoms with van der Waals surface area (Å²) < 4.78 is 0. The van der Waals surface area contributed by atoms with Crippen molar-refractivity contribution in [2.45, 2.75) is 12.3 Å². The molecule has 0 radical (unpaired) electrons. The van der Waals surface area contributed by atoms with Crippen LogP contribution in [0, 0.1) is 11.8 Å². The Morgan fingerprint density at radius 1 is 0.435 bits per heavy atom. The molecule has 2 aliphatic rings. The Labute approximate surface area is 269 Å². The summed E-state index contributed by atoms with van der Waals surface area (Å²) in [6.07, 6.45) is 18.9. The van der Waals surface area contributed by atoms with Gasteiger partial charge < -0.3 is 0 Å². The first-order chi connectivity index (χ1) is 22.8. The first-order valence-corrected chi connectivity index (χ1v) is 16.3. The average Bonchev–Trinajstić information content (AvgIpc) is 3.14. The molecule has 1 heterocycles. The van der Waals surface area contributed by atoms with Crippen molar-refractivity contribution in [3.05, 3.63) is 176 Å². The molecule has 1 heteroatoms. The minimum atomic E-state index is 0.371.